The van der Waals surface area contributed by atoms with Gasteiger partial charge in [0.2, 0.25) is 5.95 Å². The number of aromatic nitrogens is 3. The number of hydrogen-bond donors (Lipinski definition) is 5. The van der Waals surface area contributed by atoms with Gasteiger partial charge in [0.25, 0.3) is 0 Å². The molecule has 3 aromatic rings. The first-order chi connectivity index (χ1) is 15.0. The number of aliphatic hydroxyl groups is 3. The molecule has 1 saturated carbocycles. The van der Waals surface area contributed by atoms with Crippen LogP contribution in [0.5, 0.6) is 0 Å². The van der Waals surface area contributed by atoms with Crippen molar-refractivity contribution in [1.29, 1.82) is 0 Å². The predicted octanol–water partition coefficient (Wildman–Crippen LogP) is 3.44. The van der Waals surface area contributed by atoms with Crippen molar-refractivity contribution in [2.24, 2.45) is 11.8 Å². The second kappa shape index (κ2) is 8.07. The van der Waals surface area contributed by atoms with E-state index in [0.29, 0.717) is 29.8 Å². The van der Waals surface area contributed by atoms with Crippen LogP contribution in [-0.2, 0) is 0 Å². The first kappa shape index (κ1) is 20.2. The molecule has 9 heteroatoms. The second-order valence-corrected chi connectivity index (χ2v) is 9.28. The average Bonchev–Trinajstić information content (AvgIpc) is 3.44. The van der Waals surface area contributed by atoms with Gasteiger partial charge in [0.15, 0.2) is 0 Å². The number of nitrogens with zero attached hydrogens (tertiary/aromatic N) is 3. The van der Waals surface area contributed by atoms with E-state index in [1.807, 2.05) is 31.2 Å². The van der Waals surface area contributed by atoms with E-state index in [0.717, 1.165) is 33.0 Å². The molecule has 0 amide bonds. The van der Waals surface area contributed by atoms with Crippen LogP contribution < -0.4 is 10.6 Å². The summed E-state index contributed by atoms with van der Waals surface area (Å²) in [4.78, 5) is 14.1. The van der Waals surface area contributed by atoms with E-state index >= 15 is 0 Å². The molecule has 2 heterocycles. The summed E-state index contributed by atoms with van der Waals surface area (Å²) in [5.74, 6) is 1.12. The summed E-state index contributed by atoms with van der Waals surface area (Å²) >= 11 is 1.56. The Balaban J connectivity index is 1.55. The third kappa shape index (κ3) is 3.96. The molecule has 2 aromatic heterocycles. The van der Waals surface area contributed by atoms with Gasteiger partial charge in [-0.15, -0.1) is 11.3 Å². The minimum atomic E-state index is -1.09. The molecule has 162 valence electrons. The molecule has 0 spiro atoms. The zero-order valence-electron chi connectivity index (χ0n) is 17.2. The quantitative estimate of drug-likeness (QED) is 0.379. The number of anilines is 2. The van der Waals surface area contributed by atoms with E-state index in [2.05, 4.69) is 15.6 Å². The van der Waals surface area contributed by atoms with Crippen molar-refractivity contribution in [2.45, 2.75) is 32.3 Å². The van der Waals surface area contributed by atoms with E-state index in [9.17, 15) is 15.3 Å². The second-order valence-electron chi connectivity index (χ2n) is 8.25. The molecule has 0 aliphatic heterocycles. The van der Waals surface area contributed by atoms with Crippen molar-refractivity contribution in [3.8, 4) is 10.6 Å². The van der Waals surface area contributed by atoms with Gasteiger partial charge in [0.05, 0.1) is 27.2 Å². The highest BCUT2D eigenvalue weighted by molar-refractivity contribution is 7.21. The lowest BCUT2D eigenvalue weighted by Crippen LogP contribution is -2.20. The first-order valence-corrected chi connectivity index (χ1v) is 11.3. The Morgan fingerprint density at radius 1 is 1.16 bits per heavy atom. The van der Waals surface area contributed by atoms with Crippen molar-refractivity contribution >= 4 is 33.3 Å². The predicted molar refractivity (Wildman–Crippen MR) is 121 cm³/mol. The maximum Gasteiger partial charge on any atom is 0.224 e. The van der Waals surface area contributed by atoms with Crippen LogP contribution in [0.4, 0.5) is 11.8 Å². The van der Waals surface area contributed by atoms with Crippen molar-refractivity contribution in [3.63, 3.8) is 0 Å². The molecule has 0 bridgehead atoms. The fourth-order valence-electron chi connectivity index (χ4n) is 3.84. The van der Waals surface area contributed by atoms with Crippen molar-refractivity contribution in [2.75, 3.05) is 23.8 Å². The third-order valence-corrected chi connectivity index (χ3v) is 6.90. The minimum Gasteiger partial charge on any atom is -0.508 e. The lowest BCUT2D eigenvalue weighted by molar-refractivity contribution is 0.0781. The Hall–Kier alpha value is -2.75. The van der Waals surface area contributed by atoms with Crippen molar-refractivity contribution in [1.82, 2.24) is 15.0 Å². The maximum atomic E-state index is 10.4. The zero-order chi connectivity index (χ0) is 21.5. The lowest BCUT2D eigenvalue weighted by Gasteiger charge is -2.15. The smallest absolute Gasteiger partial charge is 0.224 e. The van der Waals surface area contributed by atoms with Crippen molar-refractivity contribution < 1.29 is 15.3 Å². The monoisotopic (exact) mass is 439 g/mol. The van der Waals surface area contributed by atoms with Crippen molar-refractivity contribution in [3.05, 3.63) is 41.4 Å². The van der Waals surface area contributed by atoms with Gasteiger partial charge in [-0.3, -0.25) is 0 Å². The molecule has 2 aliphatic rings. The van der Waals surface area contributed by atoms with Gasteiger partial charge in [-0.2, -0.15) is 4.98 Å². The highest BCUT2D eigenvalue weighted by Gasteiger charge is 2.34. The van der Waals surface area contributed by atoms with E-state index in [4.69, 9.17) is 9.97 Å². The maximum absolute atomic E-state index is 10.4. The molecule has 2 aliphatic carbocycles. The lowest BCUT2D eigenvalue weighted by atomic mass is 10.1. The summed E-state index contributed by atoms with van der Waals surface area (Å²) in [5.41, 5.74) is 2.90. The van der Waals surface area contributed by atoms with Gasteiger partial charge in [-0.1, -0.05) is 12.1 Å². The molecule has 2 atom stereocenters. The van der Waals surface area contributed by atoms with Crippen LogP contribution >= 0.6 is 11.3 Å². The highest BCUT2D eigenvalue weighted by Crippen LogP contribution is 2.39. The summed E-state index contributed by atoms with van der Waals surface area (Å²) in [6, 6.07) is 7.93. The summed E-state index contributed by atoms with van der Waals surface area (Å²) in [6.45, 7) is 2.54. The molecule has 0 unspecified atom stereocenters. The number of fused-ring (bicyclic) bond motifs is 1. The number of aryl methyl sites for hydroxylation is 1. The molecular formula is C22H25N5O3S. The van der Waals surface area contributed by atoms with Crippen LogP contribution in [0.15, 0.2) is 35.7 Å². The molecule has 1 aromatic carbocycles. The summed E-state index contributed by atoms with van der Waals surface area (Å²) in [5, 5.41) is 37.4. The molecule has 5 rings (SSSR count). The number of benzene rings is 1. The number of thiazole rings is 1. The van der Waals surface area contributed by atoms with E-state index in [1.54, 1.807) is 11.3 Å². The standard InChI is InChI=1S/C22H25N5O3S/c1-11-17(21-26-14-4-2-3-5-16(14)31-21)20(27-22(24-11)23-9-12-6-7-12)25-15-8-13(10-28)18(29)19(15)30/h2-5,12-13,18,28-30H,6-10H2,1H3,(H2,23,24,25,27)/t13-,18-/m1/s1. The van der Waals surface area contributed by atoms with Gasteiger partial charge in [-0.05, 0) is 44.2 Å². The Morgan fingerprint density at radius 2 is 1.97 bits per heavy atom. The number of para-hydroxylation sites is 1. The molecule has 0 saturated heterocycles. The van der Waals surface area contributed by atoms with Gasteiger partial charge >= 0.3 is 0 Å². The molecule has 31 heavy (non-hydrogen) atoms. The number of aliphatic hydroxyl groups excluding tert-OH is 3. The number of allylic oxidation sites excluding steroid dienone is 1. The largest absolute Gasteiger partial charge is 0.508 e. The Kier molecular flexibility index (Phi) is 5.25. The van der Waals surface area contributed by atoms with Gasteiger partial charge in [0.1, 0.15) is 22.7 Å². The van der Waals surface area contributed by atoms with E-state index < -0.39 is 12.0 Å². The number of hydrogen-bond acceptors (Lipinski definition) is 9. The first-order valence-electron chi connectivity index (χ1n) is 10.5. The summed E-state index contributed by atoms with van der Waals surface area (Å²) in [7, 11) is 0. The summed E-state index contributed by atoms with van der Waals surface area (Å²) in [6.07, 6.45) is 1.69. The zero-order valence-corrected chi connectivity index (χ0v) is 18.0. The van der Waals surface area contributed by atoms with Crippen LogP contribution in [0.3, 0.4) is 0 Å². The molecular weight excluding hydrogens is 414 g/mol. The Labute approximate surface area is 183 Å². The molecule has 0 radical (unpaired) electrons. The molecule has 5 N–H and O–H groups in total. The normalized spacial score (nSPS) is 21.1. The third-order valence-electron chi connectivity index (χ3n) is 5.85. The fraction of sp³-hybridized carbons (Fsp3) is 0.409. The highest BCUT2D eigenvalue weighted by atomic mass is 32.1. The van der Waals surface area contributed by atoms with Gasteiger partial charge in [0, 0.05) is 19.1 Å². The SMILES string of the molecule is Cc1nc(NCC2CC2)nc(NC2=C(O)[C@H](O)[C@@H](CO)C2)c1-c1nc2ccccc2s1. The van der Waals surface area contributed by atoms with E-state index in [1.165, 1.54) is 12.8 Å². The van der Waals surface area contributed by atoms with Crippen LogP contribution in [0.1, 0.15) is 25.0 Å². The number of rotatable bonds is 7. The van der Waals surface area contributed by atoms with Crippen LogP contribution in [0, 0.1) is 18.8 Å². The Morgan fingerprint density at radius 3 is 2.68 bits per heavy atom. The topological polar surface area (TPSA) is 123 Å². The summed E-state index contributed by atoms with van der Waals surface area (Å²) < 4.78 is 1.07. The van der Waals surface area contributed by atoms with Gasteiger partial charge < -0.3 is 26.0 Å². The minimum absolute atomic E-state index is 0.155. The van der Waals surface area contributed by atoms with Gasteiger partial charge in [-0.25, -0.2) is 9.97 Å². The van der Waals surface area contributed by atoms with Crippen LogP contribution in [-0.4, -0.2) is 49.5 Å². The average molecular weight is 440 g/mol. The molecule has 8 nitrogen and oxygen atoms in total. The molecule has 1 fully saturated rings. The van der Waals surface area contributed by atoms with Crippen LogP contribution in [0.25, 0.3) is 20.8 Å². The number of nitrogens with one attached hydrogen (secondary N) is 2. The Bertz CT molecular complexity index is 1120. The van der Waals surface area contributed by atoms with Crippen LogP contribution in [0.2, 0.25) is 0 Å². The van der Waals surface area contributed by atoms with E-state index in [-0.39, 0.29) is 12.4 Å². The fourth-order valence-corrected chi connectivity index (χ4v) is 4.90.